The molecule has 1 atom stereocenters. The fourth-order valence-corrected chi connectivity index (χ4v) is 2.14. The van der Waals surface area contributed by atoms with Gasteiger partial charge in [-0.15, -0.1) is 0 Å². The zero-order valence-corrected chi connectivity index (χ0v) is 14.1. The summed E-state index contributed by atoms with van der Waals surface area (Å²) in [5, 5.41) is 5.59. The molecular formula is C16H19F3N4O2. The number of carbonyl (C=O) groups is 1. The van der Waals surface area contributed by atoms with Crippen LogP contribution in [0.4, 0.5) is 13.2 Å². The van der Waals surface area contributed by atoms with Gasteiger partial charge in [-0.05, 0) is 38.6 Å². The van der Waals surface area contributed by atoms with Gasteiger partial charge in [-0.3, -0.25) is 9.69 Å². The first-order chi connectivity index (χ1) is 11.7. The van der Waals surface area contributed by atoms with E-state index in [1.807, 2.05) is 24.2 Å². The van der Waals surface area contributed by atoms with E-state index >= 15 is 0 Å². The highest BCUT2D eigenvalue weighted by Gasteiger charge is 2.27. The summed E-state index contributed by atoms with van der Waals surface area (Å²) in [4.78, 5) is 17.8. The summed E-state index contributed by atoms with van der Waals surface area (Å²) in [6, 6.07) is 6.29. The van der Waals surface area contributed by atoms with Crippen LogP contribution in [0, 0.1) is 6.92 Å². The van der Waals surface area contributed by atoms with Crippen LogP contribution in [0.3, 0.4) is 0 Å². The molecule has 2 aromatic rings. The van der Waals surface area contributed by atoms with Crippen molar-refractivity contribution in [2.75, 3.05) is 13.6 Å². The van der Waals surface area contributed by atoms with Crippen molar-refractivity contribution >= 4 is 5.91 Å². The fourth-order valence-electron chi connectivity index (χ4n) is 2.14. The number of benzene rings is 1. The molecular weight excluding hydrogens is 337 g/mol. The van der Waals surface area contributed by atoms with Gasteiger partial charge in [0.1, 0.15) is 6.54 Å². The first kappa shape index (κ1) is 18.9. The number of halogens is 3. The van der Waals surface area contributed by atoms with Crippen molar-refractivity contribution < 1.29 is 22.5 Å². The lowest BCUT2D eigenvalue weighted by Crippen LogP contribution is -2.33. The normalized spacial score (nSPS) is 13.1. The molecule has 2 rings (SSSR count). The Bertz CT molecular complexity index is 713. The van der Waals surface area contributed by atoms with Crippen molar-refractivity contribution in [3.8, 4) is 0 Å². The molecule has 1 N–H and O–H groups in total. The number of hydrogen-bond donors (Lipinski definition) is 1. The third kappa shape index (κ3) is 5.56. The smallest absolute Gasteiger partial charge is 0.343 e. The Morgan fingerprint density at radius 1 is 1.32 bits per heavy atom. The Labute approximate surface area is 143 Å². The second-order valence-corrected chi connectivity index (χ2v) is 5.77. The highest BCUT2D eigenvalue weighted by molar-refractivity contribution is 5.94. The maximum Gasteiger partial charge on any atom is 0.405 e. The van der Waals surface area contributed by atoms with Crippen LogP contribution in [0.25, 0.3) is 0 Å². The molecule has 6 nitrogen and oxygen atoms in total. The van der Waals surface area contributed by atoms with Crippen molar-refractivity contribution in [3.63, 3.8) is 0 Å². The number of rotatable bonds is 6. The fraction of sp³-hybridized carbons (Fsp3) is 0.438. The Morgan fingerprint density at radius 3 is 2.48 bits per heavy atom. The van der Waals surface area contributed by atoms with Crippen LogP contribution in [-0.2, 0) is 6.54 Å². The monoisotopic (exact) mass is 356 g/mol. The van der Waals surface area contributed by atoms with E-state index in [1.165, 1.54) is 12.1 Å². The summed E-state index contributed by atoms with van der Waals surface area (Å²) in [7, 11) is 1.88. The third-order valence-electron chi connectivity index (χ3n) is 3.66. The Kier molecular flexibility index (Phi) is 5.78. The minimum absolute atomic E-state index is 0.101. The first-order valence-corrected chi connectivity index (χ1v) is 7.60. The van der Waals surface area contributed by atoms with E-state index < -0.39 is 18.6 Å². The molecule has 0 saturated heterocycles. The molecule has 0 aliphatic heterocycles. The number of hydrogen-bond acceptors (Lipinski definition) is 5. The van der Waals surface area contributed by atoms with Gasteiger partial charge in [-0.1, -0.05) is 17.3 Å². The van der Waals surface area contributed by atoms with Gasteiger partial charge in [0, 0.05) is 12.1 Å². The molecule has 1 heterocycles. The minimum Gasteiger partial charge on any atom is -0.343 e. The summed E-state index contributed by atoms with van der Waals surface area (Å²) >= 11 is 0. The topological polar surface area (TPSA) is 71.3 Å². The third-order valence-corrected chi connectivity index (χ3v) is 3.66. The van der Waals surface area contributed by atoms with Gasteiger partial charge in [-0.2, -0.15) is 18.2 Å². The summed E-state index contributed by atoms with van der Waals surface area (Å²) in [5.74, 6) is 0.305. The lowest BCUT2D eigenvalue weighted by molar-refractivity contribution is -0.123. The molecule has 0 fully saturated rings. The summed E-state index contributed by atoms with van der Waals surface area (Å²) in [5.41, 5.74) is 1.08. The van der Waals surface area contributed by atoms with Crippen LogP contribution >= 0.6 is 0 Å². The zero-order valence-electron chi connectivity index (χ0n) is 14.1. The first-order valence-electron chi connectivity index (χ1n) is 7.60. The van der Waals surface area contributed by atoms with Crippen molar-refractivity contribution in [2.45, 2.75) is 32.6 Å². The van der Waals surface area contributed by atoms with Gasteiger partial charge in [0.05, 0.1) is 6.04 Å². The van der Waals surface area contributed by atoms with E-state index in [-0.39, 0.29) is 11.6 Å². The molecule has 0 radical (unpaired) electrons. The lowest BCUT2D eigenvalue weighted by Gasteiger charge is -2.21. The molecule has 0 aliphatic rings. The minimum atomic E-state index is -4.43. The second-order valence-electron chi connectivity index (χ2n) is 5.77. The van der Waals surface area contributed by atoms with Gasteiger partial charge in [0.15, 0.2) is 5.82 Å². The number of amides is 1. The molecule has 0 spiro atoms. The number of carbonyl (C=O) groups excluding carboxylic acids is 1. The highest BCUT2D eigenvalue weighted by atomic mass is 19.4. The predicted octanol–water partition coefficient (Wildman–Crippen LogP) is 2.86. The lowest BCUT2D eigenvalue weighted by atomic mass is 10.1. The molecule has 0 bridgehead atoms. The average Bonchev–Trinajstić information content (AvgIpc) is 2.98. The summed E-state index contributed by atoms with van der Waals surface area (Å²) in [6.45, 7) is 2.86. The van der Waals surface area contributed by atoms with Gasteiger partial charge < -0.3 is 9.84 Å². The van der Waals surface area contributed by atoms with E-state index in [9.17, 15) is 18.0 Å². The van der Waals surface area contributed by atoms with Crippen LogP contribution in [-0.4, -0.2) is 40.7 Å². The van der Waals surface area contributed by atoms with Crippen molar-refractivity contribution in [3.05, 3.63) is 47.1 Å². The molecule has 0 aliphatic carbocycles. The number of aromatic nitrogens is 2. The molecule has 9 heteroatoms. The van der Waals surface area contributed by atoms with Crippen LogP contribution in [0.5, 0.6) is 0 Å². The molecule has 0 unspecified atom stereocenters. The molecule has 1 aromatic heterocycles. The molecule has 1 amide bonds. The Morgan fingerprint density at radius 2 is 1.96 bits per heavy atom. The van der Waals surface area contributed by atoms with E-state index in [0.29, 0.717) is 18.3 Å². The van der Waals surface area contributed by atoms with E-state index in [2.05, 4.69) is 10.1 Å². The Balaban J connectivity index is 1.94. The van der Waals surface area contributed by atoms with Crippen molar-refractivity contribution in [1.29, 1.82) is 0 Å². The van der Waals surface area contributed by atoms with Crippen molar-refractivity contribution in [1.82, 2.24) is 20.4 Å². The predicted molar refractivity (Wildman–Crippen MR) is 83.7 cm³/mol. The van der Waals surface area contributed by atoms with Gasteiger partial charge in [-0.25, -0.2) is 0 Å². The molecule has 0 saturated carbocycles. The average molecular weight is 356 g/mol. The van der Waals surface area contributed by atoms with E-state index in [4.69, 9.17) is 4.52 Å². The standard InChI is InChI=1S/C16H19F3N4O2/c1-10(15-21-11(2)22-25-15)23(3)8-12-4-6-13(7-5-12)14(24)20-9-16(17,18)19/h4-7,10H,8-9H2,1-3H3,(H,20,24)/t10-/m1/s1. The van der Waals surface area contributed by atoms with E-state index in [0.717, 1.165) is 5.56 Å². The number of nitrogens with one attached hydrogen (secondary N) is 1. The molecule has 1 aromatic carbocycles. The maximum absolute atomic E-state index is 12.1. The number of aryl methyl sites for hydroxylation is 1. The second kappa shape index (κ2) is 7.64. The van der Waals surface area contributed by atoms with Crippen molar-refractivity contribution in [2.24, 2.45) is 0 Å². The Hall–Kier alpha value is -2.42. The zero-order chi connectivity index (χ0) is 18.6. The van der Waals surface area contributed by atoms with Crippen LogP contribution in [0.1, 0.15) is 40.6 Å². The summed E-state index contributed by atoms with van der Waals surface area (Å²) < 4.78 is 41.5. The quantitative estimate of drug-likeness (QED) is 0.862. The van der Waals surface area contributed by atoms with Crippen LogP contribution in [0.15, 0.2) is 28.8 Å². The van der Waals surface area contributed by atoms with Gasteiger partial charge in [0.25, 0.3) is 5.91 Å². The molecule has 136 valence electrons. The maximum atomic E-state index is 12.1. The molecule has 25 heavy (non-hydrogen) atoms. The van der Waals surface area contributed by atoms with E-state index in [1.54, 1.807) is 19.1 Å². The van der Waals surface area contributed by atoms with Gasteiger partial charge >= 0.3 is 6.18 Å². The largest absolute Gasteiger partial charge is 0.405 e. The van der Waals surface area contributed by atoms with Crippen LogP contribution < -0.4 is 5.32 Å². The van der Waals surface area contributed by atoms with Crippen LogP contribution in [0.2, 0.25) is 0 Å². The highest BCUT2D eigenvalue weighted by Crippen LogP contribution is 2.19. The SMILES string of the molecule is Cc1noc([C@@H](C)N(C)Cc2ccc(C(=O)NCC(F)(F)F)cc2)n1. The number of alkyl halides is 3. The number of nitrogens with zero attached hydrogens (tertiary/aromatic N) is 3. The van der Waals surface area contributed by atoms with Gasteiger partial charge in [0.2, 0.25) is 5.89 Å². The summed E-state index contributed by atoms with van der Waals surface area (Å²) in [6.07, 6.45) is -4.43.